The van der Waals surface area contributed by atoms with Crippen LogP contribution in [0.1, 0.15) is 43.1 Å². The predicted molar refractivity (Wildman–Crippen MR) is 143 cm³/mol. The van der Waals surface area contributed by atoms with E-state index in [0.717, 1.165) is 27.7 Å². The number of nitrogens with one attached hydrogen (secondary N) is 3. The van der Waals surface area contributed by atoms with Gasteiger partial charge in [-0.05, 0) is 37.5 Å². The van der Waals surface area contributed by atoms with E-state index in [1.54, 1.807) is 13.8 Å². The van der Waals surface area contributed by atoms with Crippen LogP contribution in [0.2, 0.25) is 0 Å². The van der Waals surface area contributed by atoms with Gasteiger partial charge < -0.3 is 25.5 Å². The van der Waals surface area contributed by atoms with Crippen LogP contribution in [0, 0.1) is 11.8 Å². The van der Waals surface area contributed by atoms with Crippen LogP contribution >= 0.6 is 0 Å². The lowest BCUT2D eigenvalue weighted by atomic mass is 9.85. The number of carbonyl (C=O) groups excluding carboxylic acids is 3. The van der Waals surface area contributed by atoms with Crippen molar-refractivity contribution in [3.63, 3.8) is 0 Å². The first-order valence-corrected chi connectivity index (χ1v) is 13.1. The summed E-state index contributed by atoms with van der Waals surface area (Å²) in [4.78, 5) is 55.7. The molecule has 2 aliphatic rings. The van der Waals surface area contributed by atoms with E-state index in [1.165, 1.54) is 4.90 Å². The first-order valence-electron chi connectivity index (χ1n) is 13.1. The molecule has 10 heteroatoms. The molecule has 4 atom stereocenters. The van der Waals surface area contributed by atoms with Gasteiger partial charge in [-0.25, -0.2) is 4.79 Å². The fraction of sp³-hybridized carbons (Fsp3) is 0.379. The normalized spacial score (nSPS) is 22.5. The second-order valence-electron chi connectivity index (χ2n) is 10.3. The molecule has 2 heterocycles. The fourth-order valence-electron chi connectivity index (χ4n) is 5.39. The van der Waals surface area contributed by atoms with Gasteiger partial charge in [0.25, 0.3) is 0 Å². The Hall–Kier alpha value is -4.34. The molecule has 4 N–H and O–H groups in total. The summed E-state index contributed by atoms with van der Waals surface area (Å²) in [5.41, 5.74) is 2.29. The van der Waals surface area contributed by atoms with E-state index < -0.39 is 35.5 Å². The molecule has 2 aromatic carbocycles. The second kappa shape index (κ2) is 10.4. The van der Waals surface area contributed by atoms with Crippen molar-refractivity contribution in [1.82, 2.24) is 20.5 Å². The number of hydrogen-bond acceptors (Lipinski definition) is 5. The van der Waals surface area contributed by atoms with Crippen molar-refractivity contribution < 1.29 is 29.0 Å². The van der Waals surface area contributed by atoms with Crippen molar-refractivity contribution >= 4 is 34.8 Å². The molecule has 3 aromatic rings. The lowest BCUT2D eigenvalue weighted by molar-refractivity contribution is -0.140. The monoisotopic (exact) mass is 532 g/mol. The van der Waals surface area contributed by atoms with Gasteiger partial charge in [-0.1, -0.05) is 48.5 Å². The molecule has 0 spiro atoms. The Morgan fingerprint density at radius 2 is 1.82 bits per heavy atom. The second-order valence-corrected chi connectivity index (χ2v) is 10.3. The highest BCUT2D eigenvalue weighted by Gasteiger charge is 2.49. The van der Waals surface area contributed by atoms with E-state index in [9.17, 15) is 24.3 Å². The van der Waals surface area contributed by atoms with Gasteiger partial charge in [0.15, 0.2) is 0 Å². The molecule has 204 valence electrons. The first-order chi connectivity index (χ1) is 18.7. The molecule has 1 fully saturated rings. The summed E-state index contributed by atoms with van der Waals surface area (Å²) in [6.45, 7) is 3.86. The molecule has 1 aromatic heterocycles. The summed E-state index contributed by atoms with van der Waals surface area (Å²) >= 11 is 0. The van der Waals surface area contributed by atoms with Crippen LogP contribution in [-0.4, -0.2) is 57.6 Å². The molecule has 0 saturated heterocycles. The number of fused-ring (bicyclic) bond motifs is 3. The zero-order valence-corrected chi connectivity index (χ0v) is 21.9. The molecule has 39 heavy (non-hydrogen) atoms. The number of ether oxygens (including phenoxy) is 1. The third-order valence-corrected chi connectivity index (χ3v) is 7.74. The molecular weight excluding hydrogens is 500 g/mol. The number of amides is 3. The Bertz CT molecular complexity index is 1420. The van der Waals surface area contributed by atoms with Crippen molar-refractivity contribution in [2.75, 3.05) is 13.2 Å². The molecule has 5 rings (SSSR count). The summed E-state index contributed by atoms with van der Waals surface area (Å²) in [5, 5.41) is 16.1. The van der Waals surface area contributed by atoms with Crippen LogP contribution < -0.4 is 10.6 Å². The molecule has 10 nitrogen and oxygen atoms in total. The number of rotatable bonds is 8. The molecule has 1 aliphatic heterocycles. The van der Waals surface area contributed by atoms with Crippen LogP contribution in [-0.2, 0) is 32.1 Å². The maximum Gasteiger partial charge on any atom is 0.411 e. The Kier molecular flexibility index (Phi) is 7.03. The molecular formula is C29H32N4O6. The number of carboxylic acid groups (broad SMARTS) is 1. The molecule has 0 bridgehead atoms. The SMILES string of the molecule is CCOC(=O)N1Cc2[nH]c3ccccc3c2CC1(C)C(=O)NCC(NC(=O)C1CC1C(=O)O)c1ccccc1. The van der Waals surface area contributed by atoms with E-state index in [2.05, 4.69) is 15.6 Å². The van der Waals surface area contributed by atoms with Crippen molar-refractivity contribution in [2.45, 2.75) is 44.8 Å². The number of aliphatic carboxylic acids is 1. The van der Waals surface area contributed by atoms with E-state index in [0.29, 0.717) is 6.42 Å². The minimum absolute atomic E-state index is 0.0615. The Balaban J connectivity index is 1.38. The van der Waals surface area contributed by atoms with E-state index in [1.807, 2.05) is 54.6 Å². The van der Waals surface area contributed by atoms with Crippen LogP contribution in [0.5, 0.6) is 0 Å². The number of aromatic nitrogens is 1. The summed E-state index contributed by atoms with van der Waals surface area (Å²) in [5.74, 6) is -2.98. The third kappa shape index (κ3) is 5.06. The van der Waals surface area contributed by atoms with Gasteiger partial charge in [-0.15, -0.1) is 0 Å². The highest BCUT2D eigenvalue weighted by Crippen LogP contribution is 2.39. The summed E-state index contributed by atoms with van der Waals surface area (Å²) in [6, 6.07) is 16.4. The lowest BCUT2D eigenvalue weighted by Crippen LogP contribution is -2.62. The number of nitrogens with zero attached hydrogens (tertiary/aromatic N) is 1. The van der Waals surface area contributed by atoms with E-state index in [-0.39, 0.29) is 37.9 Å². The zero-order chi connectivity index (χ0) is 27.7. The van der Waals surface area contributed by atoms with Crippen molar-refractivity contribution in [1.29, 1.82) is 0 Å². The average molecular weight is 533 g/mol. The van der Waals surface area contributed by atoms with Crippen molar-refractivity contribution in [3.05, 3.63) is 71.4 Å². The first kappa shape index (κ1) is 26.3. The maximum absolute atomic E-state index is 13.9. The minimum Gasteiger partial charge on any atom is -0.481 e. The average Bonchev–Trinajstić information content (AvgIpc) is 3.67. The van der Waals surface area contributed by atoms with Crippen LogP contribution in [0.4, 0.5) is 4.79 Å². The smallest absolute Gasteiger partial charge is 0.411 e. The Morgan fingerprint density at radius 3 is 2.51 bits per heavy atom. The number of aromatic amines is 1. The lowest BCUT2D eigenvalue weighted by Gasteiger charge is -2.42. The molecule has 3 amide bonds. The molecule has 4 unspecified atom stereocenters. The van der Waals surface area contributed by atoms with Gasteiger partial charge in [0.2, 0.25) is 11.8 Å². The number of H-pyrrole nitrogens is 1. The quantitative estimate of drug-likeness (QED) is 0.351. The minimum atomic E-state index is -1.25. The summed E-state index contributed by atoms with van der Waals surface area (Å²) in [7, 11) is 0. The molecule has 1 aliphatic carbocycles. The van der Waals surface area contributed by atoms with Gasteiger partial charge >= 0.3 is 12.1 Å². The molecule has 0 radical (unpaired) electrons. The summed E-state index contributed by atoms with van der Waals surface area (Å²) in [6.07, 6.45) is -0.00293. The molecule has 1 saturated carbocycles. The highest BCUT2D eigenvalue weighted by molar-refractivity contribution is 5.93. The van der Waals surface area contributed by atoms with Gasteiger partial charge in [0, 0.05) is 29.6 Å². The van der Waals surface area contributed by atoms with Gasteiger partial charge in [-0.2, -0.15) is 0 Å². The predicted octanol–water partition coefficient (Wildman–Crippen LogP) is 3.14. The highest BCUT2D eigenvalue weighted by atomic mass is 16.6. The number of benzene rings is 2. The Labute approximate surface area is 225 Å². The number of hydrogen-bond donors (Lipinski definition) is 4. The third-order valence-electron chi connectivity index (χ3n) is 7.74. The van der Waals surface area contributed by atoms with Crippen LogP contribution in [0.3, 0.4) is 0 Å². The number of carbonyl (C=O) groups is 4. The topological polar surface area (TPSA) is 141 Å². The largest absolute Gasteiger partial charge is 0.481 e. The fourth-order valence-corrected chi connectivity index (χ4v) is 5.39. The van der Waals surface area contributed by atoms with Crippen LogP contribution in [0.25, 0.3) is 10.9 Å². The zero-order valence-electron chi connectivity index (χ0n) is 21.9. The van der Waals surface area contributed by atoms with E-state index >= 15 is 0 Å². The Morgan fingerprint density at radius 1 is 1.10 bits per heavy atom. The number of para-hydroxylation sites is 1. The summed E-state index contributed by atoms with van der Waals surface area (Å²) < 4.78 is 5.31. The maximum atomic E-state index is 13.9. The van der Waals surface area contributed by atoms with E-state index in [4.69, 9.17) is 4.74 Å². The van der Waals surface area contributed by atoms with Crippen molar-refractivity contribution in [3.8, 4) is 0 Å². The van der Waals surface area contributed by atoms with Gasteiger partial charge in [0.1, 0.15) is 5.54 Å². The number of carboxylic acids is 1. The standard InChI is InChI=1S/C29H32N4O6/c1-3-39-28(38)33-16-24-21(18-11-7-8-12-22(18)31-24)14-29(33,2)27(37)30-15-23(17-9-5-4-6-10-17)32-25(34)19-13-20(19)26(35)36/h4-12,19-20,23,31H,3,13-16H2,1-2H3,(H,30,37)(H,32,34)(H,35,36). The van der Waals surface area contributed by atoms with Crippen LogP contribution in [0.15, 0.2) is 54.6 Å². The van der Waals surface area contributed by atoms with Crippen molar-refractivity contribution in [2.24, 2.45) is 11.8 Å². The van der Waals surface area contributed by atoms with Gasteiger partial charge in [0.05, 0.1) is 31.0 Å². The van der Waals surface area contributed by atoms with Gasteiger partial charge in [-0.3, -0.25) is 19.3 Å².